The number of carbonyl (C=O) groups excluding carboxylic acids is 2. The number of hydrogen-bond donors (Lipinski definition) is 5. The predicted octanol–water partition coefficient (Wildman–Crippen LogP) is 6.23. The average molecular weight is 867 g/mol. The Hall–Kier alpha value is -5.36. The third kappa shape index (κ3) is 7.99. The number of piperidine rings is 1. The van der Waals surface area contributed by atoms with Crippen molar-refractivity contribution in [1.82, 2.24) is 40.4 Å². The number of amides is 2. The summed E-state index contributed by atoms with van der Waals surface area (Å²) in [6, 6.07) is 16.8. The molecule has 6 aromatic rings. The number of halogens is 1. The smallest absolute Gasteiger partial charge is 0.254 e. The molecule has 4 aromatic heterocycles. The quantitative estimate of drug-likeness (QED) is 0.0655. The summed E-state index contributed by atoms with van der Waals surface area (Å²) in [5.74, 6) is -0.882. The number of nitrogens with zero attached hydrogens (tertiary/aromatic N) is 6. The van der Waals surface area contributed by atoms with Gasteiger partial charge in [-0.2, -0.15) is 0 Å². The molecule has 14 nitrogen and oxygen atoms in total. The van der Waals surface area contributed by atoms with Gasteiger partial charge in [-0.1, -0.05) is 44.2 Å². The SMILES string of the molecule is Cc1ncsc1-c1ccc(C(C)(S)NC(=O)[C@@H]2C[C@@H](O)CN2C(=O)[C@@H](c2cc(OCCN3C[C@@H]4C(c5cc6cc(-c7cccc(F)c7O)nnc6[nH]5)[C@@H]4C3)no2)C(C)C)cc1. The summed E-state index contributed by atoms with van der Waals surface area (Å²) in [6.07, 6.45) is -0.767. The molecule has 2 unspecified atom stereocenters. The van der Waals surface area contributed by atoms with Gasteiger partial charge >= 0.3 is 0 Å². The van der Waals surface area contributed by atoms with Crippen LogP contribution >= 0.6 is 24.0 Å². The summed E-state index contributed by atoms with van der Waals surface area (Å²) in [4.78, 5) is 39.6. The van der Waals surface area contributed by atoms with E-state index in [1.165, 1.54) is 17.0 Å². The number of thiazole rings is 1. The van der Waals surface area contributed by atoms with Gasteiger partial charge in [0.1, 0.15) is 23.4 Å². The molecule has 1 aliphatic carbocycles. The molecule has 0 bridgehead atoms. The topological polar surface area (TPSA) is 183 Å². The lowest BCUT2D eigenvalue weighted by molar-refractivity contribution is -0.141. The molecule has 3 aliphatic rings. The second-order valence-corrected chi connectivity index (χ2v) is 18.7. The van der Waals surface area contributed by atoms with E-state index in [2.05, 4.69) is 41.6 Å². The number of rotatable bonds is 13. The molecule has 4 N–H and O–H groups in total. The van der Waals surface area contributed by atoms with Gasteiger partial charge in [0.15, 0.2) is 23.0 Å². The number of aliphatic hydroxyl groups excluding tert-OH is 1. The van der Waals surface area contributed by atoms with E-state index in [0.29, 0.717) is 53.6 Å². The maximum atomic E-state index is 14.2. The third-order valence-corrected chi connectivity index (χ3v) is 13.7. The summed E-state index contributed by atoms with van der Waals surface area (Å²) >= 11 is 6.38. The molecule has 7 atom stereocenters. The number of ether oxygens (including phenoxy) is 1. The van der Waals surface area contributed by atoms with Crippen LogP contribution in [0.4, 0.5) is 4.39 Å². The molecule has 2 saturated heterocycles. The van der Waals surface area contributed by atoms with Gasteiger partial charge in [-0.05, 0) is 72.2 Å². The van der Waals surface area contributed by atoms with Crippen molar-refractivity contribution in [3.8, 4) is 33.3 Å². The maximum Gasteiger partial charge on any atom is 0.254 e. The first-order valence-corrected chi connectivity index (χ1v) is 21.8. The van der Waals surface area contributed by atoms with Crippen LogP contribution in [0.15, 0.2) is 70.7 Å². The number of aromatic nitrogens is 5. The lowest BCUT2D eigenvalue weighted by Gasteiger charge is -2.32. The molecule has 9 rings (SSSR count). The van der Waals surface area contributed by atoms with Gasteiger partial charge in [-0.15, -0.1) is 34.2 Å². The van der Waals surface area contributed by atoms with Crippen LogP contribution in [-0.4, -0.2) is 102 Å². The van der Waals surface area contributed by atoms with Gasteiger partial charge < -0.3 is 34.7 Å². The maximum absolute atomic E-state index is 14.2. The first-order valence-electron chi connectivity index (χ1n) is 20.5. The first kappa shape index (κ1) is 41.0. The fourth-order valence-corrected chi connectivity index (χ4v) is 10.2. The summed E-state index contributed by atoms with van der Waals surface area (Å²) in [5.41, 5.74) is 7.01. The minimum absolute atomic E-state index is 0.0137. The van der Waals surface area contributed by atoms with Crippen LogP contribution in [0.25, 0.3) is 32.7 Å². The molecule has 1 saturated carbocycles. The average Bonchev–Trinajstić information content (AvgIpc) is 3.92. The molecule has 17 heteroatoms. The Morgan fingerprint density at radius 2 is 1.89 bits per heavy atom. The van der Waals surface area contributed by atoms with Crippen molar-refractivity contribution < 1.29 is 33.5 Å². The zero-order chi connectivity index (χ0) is 42.7. The number of likely N-dealkylation sites (tertiary alicyclic amines) is 2. The largest absolute Gasteiger partial charge is 0.504 e. The van der Waals surface area contributed by atoms with Crippen LogP contribution in [0, 0.1) is 30.5 Å². The van der Waals surface area contributed by atoms with Crippen molar-refractivity contribution >= 4 is 46.8 Å². The fourth-order valence-electron chi connectivity index (χ4n) is 9.15. The summed E-state index contributed by atoms with van der Waals surface area (Å²) in [5, 5.41) is 37.4. The molecule has 3 fully saturated rings. The number of aryl methyl sites for hydroxylation is 1. The normalized spacial score (nSPS) is 22.7. The highest BCUT2D eigenvalue weighted by Gasteiger charge is 2.56. The number of benzene rings is 2. The number of aromatic amines is 1. The Morgan fingerprint density at radius 1 is 1.11 bits per heavy atom. The van der Waals surface area contributed by atoms with Crippen molar-refractivity contribution in [2.24, 2.45) is 17.8 Å². The van der Waals surface area contributed by atoms with Crippen LogP contribution in [0.2, 0.25) is 0 Å². The highest BCUT2D eigenvalue weighted by atomic mass is 32.1. The van der Waals surface area contributed by atoms with E-state index < -0.39 is 40.4 Å². The van der Waals surface area contributed by atoms with E-state index in [4.69, 9.17) is 21.9 Å². The number of thiol groups is 1. The molecule has 61 heavy (non-hydrogen) atoms. The number of hydrogen-bond acceptors (Lipinski definition) is 13. The number of phenols is 1. The number of phenolic OH excluding ortho intramolecular Hbond substituents is 1. The third-order valence-electron chi connectivity index (χ3n) is 12.4. The highest BCUT2D eigenvalue weighted by Crippen LogP contribution is 2.58. The van der Waals surface area contributed by atoms with Crippen LogP contribution < -0.4 is 10.1 Å². The number of fused-ring (bicyclic) bond motifs is 2. The van der Waals surface area contributed by atoms with Crippen LogP contribution in [-0.2, 0) is 14.5 Å². The number of aromatic hydroxyl groups is 1. The number of para-hydroxylation sites is 1. The molecule has 0 spiro atoms. The Bertz CT molecular complexity index is 2580. The van der Waals surface area contributed by atoms with Gasteiger partial charge in [-0.25, -0.2) is 9.37 Å². The van der Waals surface area contributed by atoms with E-state index in [1.807, 2.05) is 56.6 Å². The molecule has 2 amide bonds. The minimum atomic E-state index is -1.05. The van der Waals surface area contributed by atoms with Crippen LogP contribution in [0.3, 0.4) is 0 Å². The number of β-amino-alcohol motifs (C(OH)–C–C–N with tert-alkyl or cyclic N) is 1. The summed E-state index contributed by atoms with van der Waals surface area (Å²) < 4.78 is 25.7. The fraction of sp³-hybridized carbons (Fsp3) is 0.409. The Morgan fingerprint density at radius 3 is 2.61 bits per heavy atom. The lowest BCUT2D eigenvalue weighted by Crippen LogP contribution is -2.51. The number of nitrogens with one attached hydrogen (secondary N) is 2. The molecule has 2 aromatic carbocycles. The van der Waals surface area contributed by atoms with Crippen LogP contribution in [0.5, 0.6) is 11.6 Å². The van der Waals surface area contributed by atoms with Gasteiger partial charge in [0, 0.05) is 61.2 Å². The molecule has 318 valence electrons. The summed E-state index contributed by atoms with van der Waals surface area (Å²) in [6.45, 7) is 10.5. The van der Waals surface area contributed by atoms with Crippen molar-refractivity contribution in [3.05, 3.63) is 94.7 Å². The number of aliphatic hydroxyl groups is 1. The molecule has 2 aliphatic heterocycles. The van der Waals surface area contributed by atoms with E-state index in [1.54, 1.807) is 30.4 Å². The Balaban J connectivity index is 0.780. The zero-order valence-electron chi connectivity index (χ0n) is 34.1. The van der Waals surface area contributed by atoms with Crippen molar-refractivity contribution in [3.63, 3.8) is 0 Å². The number of H-pyrrole nitrogens is 1. The second kappa shape index (κ2) is 16.2. The monoisotopic (exact) mass is 866 g/mol. The lowest BCUT2D eigenvalue weighted by atomic mass is 9.91. The Labute approximate surface area is 360 Å². The summed E-state index contributed by atoms with van der Waals surface area (Å²) in [7, 11) is 0. The highest BCUT2D eigenvalue weighted by molar-refractivity contribution is 7.81. The van der Waals surface area contributed by atoms with Gasteiger partial charge in [0.2, 0.25) is 11.8 Å². The van der Waals surface area contributed by atoms with Crippen molar-refractivity contribution in [2.45, 2.75) is 63.0 Å². The first-order chi connectivity index (χ1) is 29.3. The van der Waals surface area contributed by atoms with Crippen molar-refractivity contribution in [2.75, 3.05) is 32.8 Å². The van der Waals surface area contributed by atoms with Crippen LogP contribution in [0.1, 0.15) is 61.7 Å². The molecule has 0 radical (unpaired) electrons. The number of carbonyl (C=O) groups is 2. The van der Waals surface area contributed by atoms with Gasteiger partial charge in [0.25, 0.3) is 5.88 Å². The standard InChI is InChI=1S/C44H47FN8O6S2/c1-22(2)37(43(57)53-18-27(54)16-34(53)42(56)48-44(4,60)26-10-8-24(9-11-26)40-23(3)46-21-61-40)35-17-36(51-59-35)58-13-12-52-19-29-30(20-52)38(29)33-15-25-14-32(49-50-41(25)47-33)28-6-5-7-31(45)39(28)55/h5-11,14-15,17,21-22,27,29-30,34,37-38,54-55,60H,12-13,16,18-20H2,1-4H3,(H,47,50)(H,48,56)/t27-,29-,30+,34+,37-,38?,44?/m1/s1. The van der Waals surface area contributed by atoms with Crippen molar-refractivity contribution in [1.29, 1.82) is 0 Å². The minimum Gasteiger partial charge on any atom is -0.504 e. The van der Waals surface area contributed by atoms with E-state index in [-0.39, 0.29) is 30.7 Å². The van der Waals surface area contributed by atoms with E-state index in [9.17, 15) is 24.2 Å². The second-order valence-electron chi connectivity index (χ2n) is 16.9. The Kier molecular flexibility index (Phi) is 10.9. The molecule has 6 heterocycles. The van der Waals surface area contributed by atoms with E-state index in [0.717, 1.165) is 45.9 Å². The van der Waals surface area contributed by atoms with Gasteiger partial charge in [-0.3, -0.25) is 14.5 Å². The predicted molar refractivity (Wildman–Crippen MR) is 230 cm³/mol. The van der Waals surface area contributed by atoms with Gasteiger partial charge in [0.05, 0.1) is 27.9 Å². The zero-order valence-corrected chi connectivity index (χ0v) is 35.8. The molecular formula is C44H47FN8O6S2. The van der Waals surface area contributed by atoms with E-state index >= 15 is 0 Å². The molecular weight excluding hydrogens is 820 g/mol.